The maximum atomic E-state index is 11.5. The van der Waals surface area contributed by atoms with Crippen LogP contribution in [0, 0.1) is 21.4 Å². The summed E-state index contributed by atoms with van der Waals surface area (Å²) in [7, 11) is -3.64. The van der Waals surface area contributed by atoms with Crippen molar-refractivity contribution in [3.63, 3.8) is 0 Å². The summed E-state index contributed by atoms with van der Waals surface area (Å²) >= 11 is 0. The van der Waals surface area contributed by atoms with E-state index < -0.39 is 20.4 Å². The highest BCUT2D eigenvalue weighted by Gasteiger charge is 2.24. The maximum Gasteiger partial charge on any atom is 0.280 e. The predicted molar refractivity (Wildman–Crippen MR) is 80.8 cm³/mol. The topological polar surface area (TPSA) is 179 Å². The van der Waals surface area contributed by atoms with Gasteiger partial charge in [-0.2, -0.15) is 10.2 Å². The van der Waals surface area contributed by atoms with Crippen molar-refractivity contribution in [1.29, 1.82) is 5.26 Å². The van der Waals surface area contributed by atoms with Crippen LogP contribution in [0.4, 0.5) is 17.5 Å². The van der Waals surface area contributed by atoms with Crippen LogP contribution < -0.4 is 11.5 Å². The third-order valence-corrected chi connectivity index (χ3v) is 4.03. The standard InChI is InChI=1S/C12H10N6O4S/c1-23(21,22)6-2-3-7(9(4-6)18(19)20)10-8(5-13)11(14)17-12(15)16-10/h2-4H,1H3,(H4,14,15,16,17). The van der Waals surface area contributed by atoms with E-state index in [4.69, 9.17) is 16.7 Å². The minimum absolute atomic E-state index is 0.0836. The second-order valence-corrected chi connectivity index (χ2v) is 6.53. The molecule has 0 bridgehead atoms. The lowest BCUT2D eigenvalue weighted by molar-refractivity contribution is -0.384. The molecule has 2 rings (SSSR count). The van der Waals surface area contributed by atoms with Gasteiger partial charge in [0.15, 0.2) is 9.84 Å². The molecule has 0 aliphatic heterocycles. The van der Waals surface area contributed by atoms with Crippen molar-refractivity contribution in [2.24, 2.45) is 0 Å². The van der Waals surface area contributed by atoms with Crippen molar-refractivity contribution in [1.82, 2.24) is 9.97 Å². The maximum absolute atomic E-state index is 11.5. The van der Waals surface area contributed by atoms with Crippen LogP contribution in [-0.2, 0) is 9.84 Å². The molecule has 1 heterocycles. The van der Waals surface area contributed by atoms with Gasteiger partial charge in [-0.15, -0.1) is 0 Å². The Bertz CT molecular complexity index is 964. The molecule has 0 aliphatic rings. The zero-order valence-electron chi connectivity index (χ0n) is 11.7. The number of nitrogen functional groups attached to an aromatic ring is 2. The molecule has 1 aromatic heterocycles. The molecule has 0 unspecified atom stereocenters. The molecule has 0 saturated carbocycles. The lowest BCUT2D eigenvalue weighted by atomic mass is 10.1. The van der Waals surface area contributed by atoms with Crippen LogP contribution in [0.3, 0.4) is 0 Å². The van der Waals surface area contributed by atoms with Gasteiger partial charge in [-0.1, -0.05) is 0 Å². The normalized spacial score (nSPS) is 11.0. The number of nitro benzene ring substituents is 1. The van der Waals surface area contributed by atoms with E-state index >= 15 is 0 Å². The fourth-order valence-electron chi connectivity index (χ4n) is 1.89. The lowest BCUT2D eigenvalue weighted by Crippen LogP contribution is -2.06. The second kappa shape index (κ2) is 5.50. The average molecular weight is 334 g/mol. The van der Waals surface area contributed by atoms with E-state index in [1.165, 1.54) is 12.1 Å². The first-order chi connectivity index (χ1) is 10.6. The van der Waals surface area contributed by atoms with Crippen LogP contribution in [0.25, 0.3) is 11.3 Å². The first kappa shape index (κ1) is 16.1. The van der Waals surface area contributed by atoms with Crippen molar-refractivity contribution in [3.05, 3.63) is 33.9 Å². The van der Waals surface area contributed by atoms with Gasteiger partial charge in [0.1, 0.15) is 23.1 Å². The zero-order valence-corrected chi connectivity index (χ0v) is 12.5. The summed E-state index contributed by atoms with van der Waals surface area (Å²) in [5.41, 5.74) is 10.1. The van der Waals surface area contributed by atoms with E-state index in [9.17, 15) is 18.5 Å². The minimum Gasteiger partial charge on any atom is -0.382 e. The quantitative estimate of drug-likeness (QED) is 0.596. The molecule has 11 heteroatoms. The van der Waals surface area contributed by atoms with Gasteiger partial charge in [-0.25, -0.2) is 13.4 Å². The number of aromatic nitrogens is 2. The van der Waals surface area contributed by atoms with Gasteiger partial charge in [0.05, 0.1) is 15.4 Å². The summed E-state index contributed by atoms with van der Waals surface area (Å²) in [6.45, 7) is 0. The highest BCUT2D eigenvalue weighted by atomic mass is 32.2. The molecule has 118 valence electrons. The van der Waals surface area contributed by atoms with E-state index in [1.54, 1.807) is 6.07 Å². The summed E-state index contributed by atoms with van der Waals surface area (Å²) in [4.78, 5) is 17.7. The van der Waals surface area contributed by atoms with Gasteiger partial charge >= 0.3 is 0 Å². The van der Waals surface area contributed by atoms with Crippen molar-refractivity contribution >= 4 is 27.3 Å². The molecule has 0 aliphatic carbocycles. The molecule has 0 radical (unpaired) electrons. The summed E-state index contributed by atoms with van der Waals surface area (Å²) in [5, 5.41) is 20.4. The van der Waals surface area contributed by atoms with E-state index in [2.05, 4.69) is 9.97 Å². The monoisotopic (exact) mass is 334 g/mol. The highest BCUT2D eigenvalue weighted by Crippen LogP contribution is 2.34. The molecule has 23 heavy (non-hydrogen) atoms. The molecular formula is C12H10N6O4S. The van der Waals surface area contributed by atoms with E-state index in [0.29, 0.717) is 0 Å². The molecule has 4 N–H and O–H groups in total. The Morgan fingerprint density at radius 3 is 2.48 bits per heavy atom. The largest absolute Gasteiger partial charge is 0.382 e. The molecule has 10 nitrogen and oxygen atoms in total. The summed E-state index contributed by atoms with van der Waals surface area (Å²) in [6.07, 6.45) is 0.924. The molecule has 0 amide bonds. The van der Waals surface area contributed by atoms with Crippen LogP contribution in [-0.4, -0.2) is 29.6 Å². The zero-order chi connectivity index (χ0) is 17.4. The highest BCUT2D eigenvalue weighted by molar-refractivity contribution is 7.90. The number of anilines is 2. The van der Waals surface area contributed by atoms with Gasteiger partial charge in [-0.05, 0) is 12.1 Å². The number of nitrogens with two attached hydrogens (primary N) is 2. The van der Waals surface area contributed by atoms with E-state index in [1.807, 2.05) is 0 Å². The van der Waals surface area contributed by atoms with Gasteiger partial charge in [-0.3, -0.25) is 10.1 Å². The van der Waals surface area contributed by atoms with Crippen molar-refractivity contribution < 1.29 is 13.3 Å². The van der Waals surface area contributed by atoms with E-state index in [-0.39, 0.29) is 33.5 Å². The molecule has 0 spiro atoms. The number of hydrogen-bond donors (Lipinski definition) is 2. The van der Waals surface area contributed by atoms with Crippen LogP contribution in [0.5, 0.6) is 0 Å². The third-order valence-electron chi connectivity index (χ3n) is 2.92. The van der Waals surface area contributed by atoms with Gasteiger partial charge in [0.2, 0.25) is 5.95 Å². The first-order valence-corrected chi connectivity index (χ1v) is 7.86. The summed E-state index contributed by atoms with van der Waals surface area (Å²) in [6, 6.07) is 4.99. The number of benzene rings is 1. The number of nitro groups is 1. The number of nitrogens with zero attached hydrogens (tertiary/aromatic N) is 4. The molecule has 1 aromatic carbocycles. The predicted octanol–water partition coefficient (Wildman–Crippen LogP) is 0.491. The Morgan fingerprint density at radius 1 is 1.30 bits per heavy atom. The first-order valence-electron chi connectivity index (χ1n) is 5.97. The van der Waals surface area contributed by atoms with Gasteiger partial charge in [0, 0.05) is 12.3 Å². The summed E-state index contributed by atoms with van der Waals surface area (Å²) in [5.74, 6) is -0.491. The Kier molecular flexibility index (Phi) is 3.86. The Balaban J connectivity index is 2.85. The SMILES string of the molecule is CS(=O)(=O)c1ccc(-c2nc(N)nc(N)c2C#N)c([N+](=O)[O-])c1. The smallest absolute Gasteiger partial charge is 0.280 e. The summed E-state index contributed by atoms with van der Waals surface area (Å²) < 4.78 is 23.1. The van der Waals surface area contributed by atoms with E-state index in [0.717, 1.165) is 12.3 Å². The Morgan fingerprint density at radius 2 is 1.96 bits per heavy atom. The van der Waals surface area contributed by atoms with Gasteiger partial charge < -0.3 is 11.5 Å². The molecule has 2 aromatic rings. The van der Waals surface area contributed by atoms with Crippen molar-refractivity contribution in [2.75, 3.05) is 17.7 Å². The van der Waals surface area contributed by atoms with Crippen LogP contribution in [0.2, 0.25) is 0 Å². The van der Waals surface area contributed by atoms with Crippen molar-refractivity contribution in [2.45, 2.75) is 4.90 Å². The Labute approximate surface area is 130 Å². The lowest BCUT2D eigenvalue weighted by Gasteiger charge is -2.08. The molecule has 0 fully saturated rings. The van der Waals surface area contributed by atoms with Crippen LogP contribution >= 0.6 is 0 Å². The molecule has 0 atom stereocenters. The fraction of sp³-hybridized carbons (Fsp3) is 0.0833. The Hall–Kier alpha value is -3.26. The van der Waals surface area contributed by atoms with Gasteiger partial charge in [0.25, 0.3) is 5.69 Å². The molecular weight excluding hydrogens is 324 g/mol. The fourth-order valence-corrected chi connectivity index (χ4v) is 2.54. The third kappa shape index (κ3) is 3.01. The number of hydrogen-bond acceptors (Lipinski definition) is 9. The van der Waals surface area contributed by atoms with Crippen LogP contribution in [0.15, 0.2) is 23.1 Å². The average Bonchev–Trinajstić information content (AvgIpc) is 2.44. The minimum atomic E-state index is -3.64. The number of rotatable bonds is 3. The van der Waals surface area contributed by atoms with Crippen LogP contribution in [0.1, 0.15) is 5.56 Å². The van der Waals surface area contributed by atoms with Crippen molar-refractivity contribution in [3.8, 4) is 17.3 Å². The number of sulfone groups is 1. The second-order valence-electron chi connectivity index (χ2n) is 4.51. The molecule has 0 saturated heterocycles. The number of nitriles is 1.